The van der Waals surface area contributed by atoms with Crippen LogP contribution < -0.4 is 56.5 Å². The molecule has 0 saturated carbocycles. The molecular weight excluding hydrogens is 107 g/mol. The predicted octanol–water partition coefficient (Wildman–Crippen LogP) is -4.02. The van der Waals surface area contributed by atoms with Crippen molar-refractivity contribution in [2.45, 2.75) is 6.92 Å². The van der Waals surface area contributed by atoms with Gasteiger partial charge >= 0.3 is 51.4 Å². The molecule has 0 saturated heterocycles. The average molecular weight is 116 g/mol. The van der Waals surface area contributed by atoms with Gasteiger partial charge in [-0.1, -0.05) is 6.92 Å². The van der Waals surface area contributed by atoms with E-state index in [4.69, 9.17) is 10.2 Å². The number of aliphatic hydroxyl groups is 1. The number of rotatable bonds is 0. The quantitative estimate of drug-likeness (QED) is 0.328. The van der Waals surface area contributed by atoms with Crippen molar-refractivity contribution in [3.05, 3.63) is 0 Å². The van der Waals surface area contributed by atoms with Gasteiger partial charge in [-0.15, -0.1) is 6.61 Å². The molecule has 0 bridgehead atoms. The molecule has 0 spiro atoms. The van der Waals surface area contributed by atoms with Gasteiger partial charge in [-0.05, 0) is 0 Å². The first-order valence-corrected chi connectivity index (χ1v) is 1.44. The fourth-order valence-electron chi connectivity index (χ4n) is 0. The van der Waals surface area contributed by atoms with Crippen molar-refractivity contribution in [2.75, 3.05) is 13.7 Å². The summed E-state index contributed by atoms with van der Waals surface area (Å²) >= 11 is 0. The van der Waals surface area contributed by atoms with Crippen LogP contribution in [0.3, 0.4) is 0 Å². The van der Waals surface area contributed by atoms with Crippen molar-refractivity contribution in [1.82, 2.24) is 0 Å². The Morgan fingerprint density at radius 2 is 1.50 bits per heavy atom. The van der Waals surface area contributed by atoms with Crippen LogP contribution in [0.15, 0.2) is 0 Å². The first-order chi connectivity index (χ1) is 2.41. The summed E-state index contributed by atoms with van der Waals surface area (Å²) in [5.74, 6) is 0. The molecule has 0 fully saturated rings. The number of aliphatic hydroxyl groups excluding tert-OH is 1. The SMILES string of the molecule is CC[O-].CO.[K+]. The zero-order valence-corrected chi connectivity index (χ0v) is 7.69. The van der Waals surface area contributed by atoms with E-state index in [1.807, 2.05) is 0 Å². The summed E-state index contributed by atoms with van der Waals surface area (Å²) in [5.41, 5.74) is 0. The van der Waals surface area contributed by atoms with E-state index in [1.54, 1.807) is 6.92 Å². The van der Waals surface area contributed by atoms with Crippen LogP contribution in [-0.2, 0) is 0 Å². The molecule has 6 heavy (non-hydrogen) atoms. The third-order valence-corrected chi connectivity index (χ3v) is 0. The third-order valence-electron chi connectivity index (χ3n) is 0. The molecule has 0 rings (SSSR count). The van der Waals surface area contributed by atoms with E-state index < -0.39 is 0 Å². The molecule has 3 heteroatoms. The van der Waals surface area contributed by atoms with Crippen molar-refractivity contribution >= 4 is 0 Å². The fourth-order valence-corrected chi connectivity index (χ4v) is 0. The van der Waals surface area contributed by atoms with Gasteiger partial charge in [0.2, 0.25) is 0 Å². The second-order valence-electron chi connectivity index (χ2n) is 0.289. The molecule has 0 atom stereocenters. The average Bonchev–Trinajstić information content (AvgIpc) is 1.46. The molecule has 0 aliphatic carbocycles. The Labute approximate surface area is 81.0 Å². The minimum Gasteiger partial charge on any atom is -0.855 e. The normalized spacial score (nSPS) is 4.00. The smallest absolute Gasteiger partial charge is 0.855 e. The minimum atomic E-state index is 0. The summed E-state index contributed by atoms with van der Waals surface area (Å²) < 4.78 is 0. The van der Waals surface area contributed by atoms with Crippen molar-refractivity contribution in [1.29, 1.82) is 0 Å². The van der Waals surface area contributed by atoms with E-state index in [0.717, 1.165) is 7.11 Å². The van der Waals surface area contributed by atoms with Crippen LogP contribution in [0.25, 0.3) is 0 Å². The second kappa shape index (κ2) is 31.0. The van der Waals surface area contributed by atoms with Gasteiger partial charge in [-0.3, -0.25) is 0 Å². The molecule has 0 radical (unpaired) electrons. The zero-order valence-electron chi connectivity index (χ0n) is 4.56. The molecule has 0 aromatic rings. The Kier molecular flexibility index (Phi) is 80.8. The van der Waals surface area contributed by atoms with E-state index in [9.17, 15) is 0 Å². The van der Waals surface area contributed by atoms with Gasteiger partial charge in [0.05, 0.1) is 0 Å². The summed E-state index contributed by atoms with van der Waals surface area (Å²) in [6.07, 6.45) is 0. The molecule has 0 aliphatic rings. The van der Waals surface area contributed by atoms with Gasteiger partial charge in [-0.2, -0.15) is 0 Å². The Hall–Kier alpha value is 1.56. The van der Waals surface area contributed by atoms with Crippen LogP contribution in [-0.4, -0.2) is 18.8 Å². The molecule has 2 nitrogen and oxygen atoms in total. The maximum atomic E-state index is 8.93. The standard InChI is InChI=1S/C2H5O.CH4O.K/c1-2-3;1-2;/h2H2,1H3;2H,1H3;/q-1;;+1. The Balaban J connectivity index is -0.0000000275. The molecule has 0 aliphatic heterocycles. The van der Waals surface area contributed by atoms with Crippen LogP contribution in [0, 0.1) is 0 Å². The van der Waals surface area contributed by atoms with Gasteiger partial charge < -0.3 is 10.2 Å². The van der Waals surface area contributed by atoms with E-state index >= 15 is 0 Å². The van der Waals surface area contributed by atoms with E-state index in [0.29, 0.717) is 0 Å². The maximum absolute atomic E-state index is 8.93. The van der Waals surface area contributed by atoms with E-state index in [1.165, 1.54) is 0 Å². The second-order valence-corrected chi connectivity index (χ2v) is 0.289. The number of hydrogen-bond acceptors (Lipinski definition) is 2. The van der Waals surface area contributed by atoms with Crippen LogP contribution in [0.1, 0.15) is 6.92 Å². The van der Waals surface area contributed by atoms with Crippen LogP contribution >= 0.6 is 0 Å². The monoisotopic (exact) mass is 116 g/mol. The Morgan fingerprint density at radius 1 is 1.50 bits per heavy atom. The maximum Gasteiger partial charge on any atom is 1.00 e. The van der Waals surface area contributed by atoms with Crippen molar-refractivity contribution in [2.24, 2.45) is 0 Å². The van der Waals surface area contributed by atoms with Crippen molar-refractivity contribution < 1.29 is 61.6 Å². The van der Waals surface area contributed by atoms with Crippen molar-refractivity contribution in [3.63, 3.8) is 0 Å². The topological polar surface area (TPSA) is 43.3 Å². The van der Waals surface area contributed by atoms with Gasteiger partial charge in [0.1, 0.15) is 0 Å². The first-order valence-electron chi connectivity index (χ1n) is 1.44. The van der Waals surface area contributed by atoms with Crippen molar-refractivity contribution in [3.8, 4) is 0 Å². The summed E-state index contributed by atoms with van der Waals surface area (Å²) in [7, 11) is 1.00. The summed E-state index contributed by atoms with van der Waals surface area (Å²) in [4.78, 5) is 0. The number of hydrogen-bond donors (Lipinski definition) is 1. The molecular formula is C3H9KO2. The molecule has 34 valence electrons. The minimum absolute atomic E-state index is 0. The van der Waals surface area contributed by atoms with Gasteiger partial charge in [-0.25, -0.2) is 0 Å². The van der Waals surface area contributed by atoms with Gasteiger partial charge in [0, 0.05) is 7.11 Å². The third kappa shape index (κ3) is 47.6. The Bertz CT molecular complexity index is 8.75. The van der Waals surface area contributed by atoms with Crippen LogP contribution in [0.2, 0.25) is 0 Å². The molecule has 0 unspecified atom stereocenters. The molecule has 0 aromatic heterocycles. The predicted molar refractivity (Wildman–Crippen MR) is 18.7 cm³/mol. The first kappa shape index (κ1) is 15.6. The summed E-state index contributed by atoms with van der Waals surface area (Å²) in [5, 5.41) is 15.9. The molecule has 0 aromatic carbocycles. The Morgan fingerprint density at radius 3 is 1.50 bits per heavy atom. The molecule has 0 amide bonds. The summed E-state index contributed by atoms with van der Waals surface area (Å²) in [6.45, 7) is 1.57. The van der Waals surface area contributed by atoms with E-state index in [-0.39, 0.29) is 58.0 Å². The van der Waals surface area contributed by atoms with Crippen LogP contribution in [0.4, 0.5) is 0 Å². The fraction of sp³-hybridized carbons (Fsp3) is 1.00. The van der Waals surface area contributed by atoms with Gasteiger partial charge in [0.25, 0.3) is 0 Å². The van der Waals surface area contributed by atoms with E-state index in [2.05, 4.69) is 0 Å². The largest absolute Gasteiger partial charge is 1.00 e. The van der Waals surface area contributed by atoms with Gasteiger partial charge in [0.15, 0.2) is 0 Å². The van der Waals surface area contributed by atoms with Crippen LogP contribution in [0.5, 0.6) is 0 Å². The zero-order chi connectivity index (χ0) is 4.71. The molecule has 0 heterocycles. The summed E-state index contributed by atoms with van der Waals surface area (Å²) in [6, 6.07) is 0. The molecule has 1 N–H and O–H groups in total.